The second-order valence-electron chi connectivity index (χ2n) is 5.11. The van der Waals surface area contributed by atoms with E-state index in [1.165, 1.54) is 18.2 Å². The van der Waals surface area contributed by atoms with Crippen molar-refractivity contribution in [2.75, 3.05) is 13.1 Å². The van der Waals surface area contributed by atoms with Crippen LogP contribution in [0.15, 0.2) is 23.1 Å². The third-order valence-electron chi connectivity index (χ3n) is 3.56. The molecule has 4 nitrogen and oxygen atoms in total. The summed E-state index contributed by atoms with van der Waals surface area (Å²) in [5, 5.41) is 3.18. The van der Waals surface area contributed by atoms with E-state index in [0.29, 0.717) is 12.1 Å². The van der Waals surface area contributed by atoms with Gasteiger partial charge in [-0.15, -0.1) is 0 Å². The normalized spacial score (nSPS) is 24.4. The Morgan fingerprint density at radius 1 is 1.42 bits per heavy atom. The van der Waals surface area contributed by atoms with Crippen LogP contribution in [0.25, 0.3) is 0 Å². The molecule has 1 fully saturated rings. The largest absolute Gasteiger partial charge is 0.315 e. The summed E-state index contributed by atoms with van der Waals surface area (Å²) in [4.78, 5) is 0.145. The maximum Gasteiger partial charge on any atom is 0.241 e. The van der Waals surface area contributed by atoms with Crippen LogP contribution in [0.3, 0.4) is 0 Å². The molecule has 1 aliphatic heterocycles. The summed E-state index contributed by atoms with van der Waals surface area (Å²) in [6, 6.07) is 3.60. The first kappa shape index (κ1) is 14.4. The minimum Gasteiger partial charge on any atom is -0.315 e. The van der Waals surface area contributed by atoms with Gasteiger partial charge in [0.15, 0.2) is 0 Å². The summed E-state index contributed by atoms with van der Waals surface area (Å²) in [5.74, 6) is -0.138. The van der Waals surface area contributed by atoms with Gasteiger partial charge in [-0.25, -0.2) is 17.5 Å². The van der Waals surface area contributed by atoms with E-state index in [-0.39, 0.29) is 16.9 Å². The van der Waals surface area contributed by atoms with Crippen molar-refractivity contribution in [3.8, 4) is 0 Å². The number of nitrogens with one attached hydrogen (secondary N) is 2. The number of aryl methyl sites for hydroxylation is 1. The van der Waals surface area contributed by atoms with E-state index >= 15 is 0 Å². The lowest BCUT2D eigenvalue weighted by Crippen LogP contribution is -2.50. The summed E-state index contributed by atoms with van der Waals surface area (Å²) in [5.41, 5.74) is 0.420. The van der Waals surface area contributed by atoms with E-state index in [1.807, 2.05) is 6.92 Å². The third-order valence-corrected chi connectivity index (χ3v) is 5.21. The minimum absolute atomic E-state index is 0.122. The van der Waals surface area contributed by atoms with E-state index < -0.39 is 15.8 Å². The van der Waals surface area contributed by atoms with Crippen LogP contribution >= 0.6 is 0 Å². The molecule has 2 N–H and O–H groups in total. The van der Waals surface area contributed by atoms with Gasteiger partial charge in [0.1, 0.15) is 5.82 Å². The van der Waals surface area contributed by atoms with Crippen molar-refractivity contribution in [2.24, 2.45) is 5.92 Å². The molecule has 0 unspecified atom stereocenters. The van der Waals surface area contributed by atoms with Gasteiger partial charge in [0, 0.05) is 12.6 Å². The van der Waals surface area contributed by atoms with Gasteiger partial charge >= 0.3 is 0 Å². The molecule has 0 bridgehead atoms. The van der Waals surface area contributed by atoms with Crippen molar-refractivity contribution in [1.82, 2.24) is 10.0 Å². The van der Waals surface area contributed by atoms with Crippen molar-refractivity contribution in [3.05, 3.63) is 29.6 Å². The molecule has 1 aromatic rings. The first-order chi connectivity index (χ1) is 8.90. The van der Waals surface area contributed by atoms with Crippen molar-refractivity contribution in [2.45, 2.75) is 31.2 Å². The van der Waals surface area contributed by atoms with Crippen LogP contribution in [-0.2, 0) is 10.0 Å². The molecule has 1 heterocycles. The number of halogens is 1. The Labute approximate surface area is 113 Å². The fourth-order valence-electron chi connectivity index (χ4n) is 2.32. The Kier molecular flexibility index (Phi) is 4.23. The highest BCUT2D eigenvalue weighted by molar-refractivity contribution is 7.89. The van der Waals surface area contributed by atoms with Crippen LogP contribution < -0.4 is 10.0 Å². The van der Waals surface area contributed by atoms with Crippen molar-refractivity contribution in [3.63, 3.8) is 0 Å². The van der Waals surface area contributed by atoms with E-state index in [9.17, 15) is 12.8 Å². The smallest absolute Gasteiger partial charge is 0.241 e. The Balaban J connectivity index is 2.22. The molecule has 1 aromatic carbocycles. The van der Waals surface area contributed by atoms with Gasteiger partial charge in [-0.3, -0.25) is 0 Å². The molecule has 2 rings (SSSR count). The van der Waals surface area contributed by atoms with Gasteiger partial charge in [0.05, 0.1) is 4.90 Å². The highest BCUT2D eigenvalue weighted by Crippen LogP contribution is 2.19. The second kappa shape index (κ2) is 5.56. The average Bonchev–Trinajstić information content (AvgIpc) is 2.31. The topological polar surface area (TPSA) is 58.2 Å². The molecule has 0 amide bonds. The molecule has 1 aliphatic rings. The predicted molar refractivity (Wildman–Crippen MR) is 71.9 cm³/mol. The summed E-state index contributed by atoms with van der Waals surface area (Å²) in [7, 11) is -3.60. The maximum atomic E-state index is 13.0. The zero-order chi connectivity index (χ0) is 14.0. The van der Waals surface area contributed by atoms with E-state index in [0.717, 1.165) is 13.0 Å². The highest BCUT2D eigenvalue weighted by atomic mass is 32.2. The lowest BCUT2D eigenvalue weighted by molar-refractivity contribution is 0.327. The molecule has 6 heteroatoms. The van der Waals surface area contributed by atoms with Gasteiger partial charge in [-0.1, -0.05) is 6.92 Å². The van der Waals surface area contributed by atoms with Crippen molar-refractivity contribution < 1.29 is 12.8 Å². The fourth-order valence-corrected chi connectivity index (χ4v) is 3.90. The van der Waals surface area contributed by atoms with Crippen LogP contribution in [-0.4, -0.2) is 27.5 Å². The molecule has 2 atom stereocenters. The van der Waals surface area contributed by atoms with Crippen LogP contribution in [0, 0.1) is 18.7 Å². The van der Waals surface area contributed by atoms with Crippen LogP contribution in [0.2, 0.25) is 0 Å². The standard InChI is InChI=1S/C13H19FN2O2S/c1-9-5-6-15-8-12(9)16-19(17,18)13-4-3-11(14)7-10(13)2/h3-4,7,9,12,15-16H,5-6,8H2,1-2H3/t9-,12-/m0/s1. The van der Waals surface area contributed by atoms with Gasteiger partial charge in [0.25, 0.3) is 0 Å². The molecule has 0 aromatic heterocycles. The van der Waals surface area contributed by atoms with E-state index in [4.69, 9.17) is 0 Å². The number of rotatable bonds is 3. The first-order valence-electron chi connectivity index (χ1n) is 6.39. The minimum atomic E-state index is -3.60. The zero-order valence-electron chi connectivity index (χ0n) is 11.1. The Morgan fingerprint density at radius 2 is 2.16 bits per heavy atom. The summed E-state index contributed by atoms with van der Waals surface area (Å²) in [6.45, 7) is 5.17. The Hall–Kier alpha value is -0.980. The first-order valence-corrected chi connectivity index (χ1v) is 7.87. The van der Waals surface area contributed by atoms with Gasteiger partial charge in [-0.2, -0.15) is 0 Å². The molecule has 19 heavy (non-hydrogen) atoms. The molecule has 106 valence electrons. The monoisotopic (exact) mass is 286 g/mol. The number of hydrogen-bond donors (Lipinski definition) is 2. The van der Waals surface area contributed by atoms with Gasteiger partial charge < -0.3 is 5.32 Å². The number of benzene rings is 1. The average molecular weight is 286 g/mol. The number of sulfonamides is 1. The number of piperidine rings is 1. The molecule has 0 saturated carbocycles. The van der Waals surface area contributed by atoms with Crippen LogP contribution in [0.1, 0.15) is 18.9 Å². The zero-order valence-corrected chi connectivity index (χ0v) is 11.9. The molecular weight excluding hydrogens is 267 g/mol. The number of hydrogen-bond acceptors (Lipinski definition) is 3. The Morgan fingerprint density at radius 3 is 2.79 bits per heavy atom. The fraction of sp³-hybridized carbons (Fsp3) is 0.538. The van der Waals surface area contributed by atoms with Gasteiger partial charge in [0.2, 0.25) is 10.0 Å². The van der Waals surface area contributed by atoms with Gasteiger partial charge in [-0.05, 0) is 49.6 Å². The molecular formula is C13H19FN2O2S. The quantitative estimate of drug-likeness (QED) is 0.883. The summed E-state index contributed by atoms with van der Waals surface area (Å²) < 4.78 is 40.4. The maximum absolute atomic E-state index is 13.0. The molecule has 0 radical (unpaired) electrons. The lowest BCUT2D eigenvalue weighted by Gasteiger charge is -2.30. The van der Waals surface area contributed by atoms with Crippen LogP contribution in [0.5, 0.6) is 0 Å². The predicted octanol–water partition coefficient (Wildman–Crippen LogP) is 1.41. The van der Waals surface area contributed by atoms with E-state index in [2.05, 4.69) is 10.0 Å². The second-order valence-corrected chi connectivity index (χ2v) is 6.79. The van der Waals surface area contributed by atoms with Crippen molar-refractivity contribution in [1.29, 1.82) is 0 Å². The summed E-state index contributed by atoms with van der Waals surface area (Å²) in [6.07, 6.45) is 0.940. The molecule has 0 aliphatic carbocycles. The molecule has 1 saturated heterocycles. The SMILES string of the molecule is Cc1cc(F)ccc1S(=O)(=O)N[C@H]1CNCC[C@@H]1C. The van der Waals surface area contributed by atoms with E-state index in [1.54, 1.807) is 6.92 Å². The highest BCUT2D eigenvalue weighted by Gasteiger charge is 2.27. The summed E-state index contributed by atoms with van der Waals surface area (Å²) >= 11 is 0. The van der Waals surface area contributed by atoms with Crippen molar-refractivity contribution >= 4 is 10.0 Å². The lowest BCUT2D eigenvalue weighted by atomic mass is 9.96. The Bertz CT molecular complexity index is 560. The van der Waals surface area contributed by atoms with Crippen LogP contribution in [0.4, 0.5) is 4.39 Å². The molecule has 0 spiro atoms. The third kappa shape index (κ3) is 3.32.